The number of anilines is 1. The predicted molar refractivity (Wildman–Crippen MR) is 77.0 cm³/mol. The molecular formula is C13H21N3O2S. The lowest BCUT2D eigenvalue weighted by Crippen LogP contribution is -2.43. The Bertz CT molecular complexity index is 493. The summed E-state index contributed by atoms with van der Waals surface area (Å²) in [7, 11) is -3.35. The molecule has 0 aromatic heterocycles. The van der Waals surface area contributed by atoms with E-state index in [4.69, 9.17) is 0 Å². The molecule has 1 heterocycles. The molecule has 6 heteroatoms. The van der Waals surface area contributed by atoms with Gasteiger partial charge in [-0.2, -0.15) is 0 Å². The number of rotatable bonds is 5. The number of piperazine rings is 1. The molecule has 2 rings (SSSR count). The lowest BCUT2D eigenvalue weighted by molar-refractivity contribution is 0.580. The maximum Gasteiger partial charge on any atom is 0.240 e. The Hall–Kier alpha value is -1.11. The summed E-state index contributed by atoms with van der Waals surface area (Å²) in [5.41, 5.74) is 1.08. The van der Waals surface area contributed by atoms with Gasteiger partial charge in [-0.25, -0.2) is 13.1 Å². The van der Waals surface area contributed by atoms with Crippen LogP contribution in [0.15, 0.2) is 29.2 Å². The molecular weight excluding hydrogens is 262 g/mol. The van der Waals surface area contributed by atoms with Crippen LogP contribution in [0, 0.1) is 0 Å². The van der Waals surface area contributed by atoms with Crippen molar-refractivity contribution in [3.8, 4) is 0 Å². The Kier molecular flexibility index (Phi) is 4.79. The van der Waals surface area contributed by atoms with Gasteiger partial charge < -0.3 is 10.2 Å². The molecule has 0 unspecified atom stereocenters. The van der Waals surface area contributed by atoms with Crippen LogP contribution in [0.4, 0.5) is 5.69 Å². The van der Waals surface area contributed by atoms with E-state index in [0.717, 1.165) is 38.3 Å². The van der Waals surface area contributed by atoms with Gasteiger partial charge >= 0.3 is 0 Å². The summed E-state index contributed by atoms with van der Waals surface area (Å²) in [5.74, 6) is 0. The summed E-state index contributed by atoms with van der Waals surface area (Å²) >= 11 is 0. The van der Waals surface area contributed by atoms with Crippen molar-refractivity contribution in [3.63, 3.8) is 0 Å². The average molecular weight is 283 g/mol. The highest BCUT2D eigenvalue weighted by molar-refractivity contribution is 7.89. The van der Waals surface area contributed by atoms with Gasteiger partial charge in [-0.3, -0.25) is 0 Å². The highest BCUT2D eigenvalue weighted by Crippen LogP contribution is 2.18. The fraction of sp³-hybridized carbons (Fsp3) is 0.538. The van der Waals surface area contributed by atoms with Crippen molar-refractivity contribution < 1.29 is 8.42 Å². The minimum atomic E-state index is -3.35. The zero-order valence-electron chi connectivity index (χ0n) is 11.2. The minimum absolute atomic E-state index is 0.333. The molecule has 0 radical (unpaired) electrons. The van der Waals surface area contributed by atoms with E-state index in [1.807, 2.05) is 19.1 Å². The first-order valence-corrected chi connectivity index (χ1v) is 8.17. The van der Waals surface area contributed by atoms with E-state index in [0.29, 0.717) is 11.4 Å². The third kappa shape index (κ3) is 3.68. The van der Waals surface area contributed by atoms with Gasteiger partial charge in [0.1, 0.15) is 0 Å². The molecule has 19 heavy (non-hydrogen) atoms. The lowest BCUT2D eigenvalue weighted by Gasteiger charge is -2.29. The monoisotopic (exact) mass is 283 g/mol. The first kappa shape index (κ1) is 14.3. The maximum absolute atomic E-state index is 11.9. The van der Waals surface area contributed by atoms with Crippen molar-refractivity contribution in [2.24, 2.45) is 0 Å². The number of hydrogen-bond acceptors (Lipinski definition) is 4. The summed E-state index contributed by atoms with van der Waals surface area (Å²) in [4.78, 5) is 2.59. The van der Waals surface area contributed by atoms with E-state index in [1.165, 1.54) is 0 Å². The maximum atomic E-state index is 11.9. The molecule has 0 aliphatic carbocycles. The third-order valence-electron chi connectivity index (χ3n) is 3.17. The normalized spacial score (nSPS) is 16.6. The van der Waals surface area contributed by atoms with Gasteiger partial charge in [0.05, 0.1) is 4.90 Å². The van der Waals surface area contributed by atoms with Crippen LogP contribution < -0.4 is 14.9 Å². The van der Waals surface area contributed by atoms with Gasteiger partial charge in [0, 0.05) is 38.4 Å². The molecule has 0 atom stereocenters. The fourth-order valence-corrected chi connectivity index (χ4v) is 3.21. The molecule has 2 N–H and O–H groups in total. The third-order valence-corrected chi connectivity index (χ3v) is 4.65. The summed E-state index contributed by atoms with van der Waals surface area (Å²) in [5, 5.41) is 3.30. The molecule has 0 amide bonds. The highest BCUT2D eigenvalue weighted by Gasteiger charge is 2.14. The molecule has 1 aliphatic heterocycles. The summed E-state index contributed by atoms with van der Waals surface area (Å²) < 4.78 is 26.5. The van der Waals surface area contributed by atoms with Crippen molar-refractivity contribution in [2.75, 3.05) is 37.6 Å². The van der Waals surface area contributed by atoms with E-state index in [1.54, 1.807) is 12.1 Å². The molecule has 1 aromatic rings. The molecule has 0 spiro atoms. The van der Waals surface area contributed by atoms with E-state index >= 15 is 0 Å². The van der Waals surface area contributed by atoms with Crippen molar-refractivity contribution in [1.82, 2.24) is 10.0 Å². The first-order valence-electron chi connectivity index (χ1n) is 6.69. The smallest absolute Gasteiger partial charge is 0.240 e. The van der Waals surface area contributed by atoms with Gasteiger partial charge in [0.15, 0.2) is 0 Å². The fourth-order valence-electron chi connectivity index (χ4n) is 2.08. The summed E-state index contributed by atoms with van der Waals surface area (Å²) in [6, 6.07) is 7.11. The molecule has 5 nitrogen and oxygen atoms in total. The standard InChI is InChI=1S/C13H21N3O2S/c1-2-7-15-19(17,18)13-5-3-12(4-6-13)16-10-8-14-9-11-16/h3-6,14-15H,2,7-11H2,1H3. The molecule has 0 saturated carbocycles. The Morgan fingerprint density at radius 1 is 1.21 bits per heavy atom. The zero-order chi connectivity index (χ0) is 13.7. The number of nitrogens with zero attached hydrogens (tertiary/aromatic N) is 1. The SMILES string of the molecule is CCCNS(=O)(=O)c1ccc(N2CCNCC2)cc1. The number of benzene rings is 1. The Balaban J connectivity index is 2.09. The second-order valence-corrected chi connectivity index (χ2v) is 6.40. The van der Waals surface area contributed by atoms with Crippen LogP contribution in [0.5, 0.6) is 0 Å². The van der Waals surface area contributed by atoms with E-state index in [-0.39, 0.29) is 0 Å². The molecule has 1 saturated heterocycles. The molecule has 1 fully saturated rings. The zero-order valence-corrected chi connectivity index (χ0v) is 12.0. The van der Waals surface area contributed by atoms with Crippen LogP contribution >= 0.6 is 0 Å². The van der Waals surface area contributed by atoms with E-state index < -0.39 is 10.0 Å². The van der Waals surface area contributed by atoms with Crippen LogP contribution in [0.1, 0.15) is 13.3 Å². The van der Waals surface area contributed by atoms with Crippen LogP contribution in [-0.2, 0) is 10.0 Å². The Morgan fingerprint density at radius 2 is 1.84 bits per heavy atom. The molecule has 106 valence electrons. The van der Waals surface area contributed by atoms with Crippen molar-refractivity contribution in [3.05, 3.63) is 24.3 Å². The van der Waals surface area contributed by atoms with Gasteiger partial charge in [-0.05, 0) is 30.7 Å². The van der Waals surface area contributed by atoms with Gasteiger partial charge in [-0.1, -0.05) is 6.92 Å². The van der Waals surface area contributed by atoms with Crippen LogP contribution in [-0.4, -0.2) is 41.1 Å². The number of sulfonamides is 1. The van der Waals surface area contributed by atoms with E-state index in [9.17, 15) is 8.42 Å². The topological polar surface area (TPSA) is 61.4 Å². The Morgan fingerprint density at radius 3 is 2.42 bits per heavy atom. The number of hydrogen-bond donors (Lipinski definition) is 2. The van der Waals surface area contributed by atoms with E-state index in [2.05, 4.69) is 14.9 Å². The average Bonchev–Trinajstić information content (AvgIpc) is 2.46. The molecule has 1 aliphatic rings. The summed E-state index contributed by atoms with van der Waals surface area (Å²) in [6.45, 7) is 6.27. The largest absolute Gasteiger partial charge is 0.369 e. The van der Waals surface area contributed by atoms with Crippen molar-refractivity contribution >= 4 is 15.7 Å². The Labute approximate surface area is 115 Å². The van der Waals surface area contributed by atoms with Gasteiger partial charge in [-0.15, -0.1) is 0 Å². The van der Waals surface area contributed by atoms with Crippen LogP contribution in [0.3, 0.4) is 0 Å². The highest BCUT2D eigenvalue weighted by atomic mass is 32.2. The number of nitrogens with one attached hydrogen (secondary N) is 2. The van der Waals surface area contributed by atoms with Gasteiger partial charge in [0.25, 0.3) is 0 Å². The quantitative estimate of drug-likeness (QED) is 0.838. The first-order chi connectivity index (χ1) is 9.13. The molecule has 0 bridgehead atoms. The lowest BCUT2D eigenvalue weighted by atomic mass is 10.2. The molecule has 1 aromatic carbocycles. The van der Waals surface area contributed by atoms with Crippen LogP contribution in [0.25, 0.3) is 0 Å². The second-order valence-electron chi connectivity index (χ2n) is 4.63. The van der Waals surface area contributed by atoms with Crippen molar-refractivity contribution in [2.45, 2.75) is 18.2 Å². The van der Waals surface area contributed by atoms with Crippen molar-refractivity contribution in [1.29, 1.82) is 0 Å². The second kappa shape index (κ2) is 6.36. The minimum Gasteiger partial charge on any atom is -0.369 e. The predicted octanol–water partition coefficient (Wildman–Crippen LogP) is 0.784. The van der Waals surface area contributed by atoms with Gasteiger partial charge in [0.2, 0.25) is 10.0 Å². The summed E-state index contributed by atoms with van der Waals surface area (Å²) in [6.07, 6.45) is 0.790. The van der Waals surface area contributed by atoms with Crippen LogP contribution in [0.2, 0.25) is 0 Å².